The van der Waals surface area contributed by atoms with E-state index in [4.69, 9.17) is 0 Å². The van der Waals surface area contributed by atoms with Gasteiger partial charge in [0.05, 0.1) is 11.9 Å². The van der Waals surface area contributed by atoms with Crippen molar-refractivity contribution >= 4 is 16.9 Å². The number of aryl methyl sites for hydroxylation is 2. The predicted molar refractivity (Wildman–Crippen MR) is 107 cm³/mol. The molecule has 0 radical (unpaired) electrons. The molecule has 1 N–H and O–H groups in total. The van der Waals surface area contributed by atoms with Crippen molar-refractivity contribution in [3.05, 3.63) is 66.0 Å². The highest BCUT2D eigenvalue weighted by atomic mass is 19.1. The highest BCUT2D eigenvalue weighted by Crippen LogP contribution is 2.29. The lowest BCUT2D eigenvalue weighted by atomic mass is 10.0. The molecule has 8 heteroatoms. The zero-order chi connectivity index (χ0) is 20.4. The molecule has 148 valence electrons. The normalized spacial score (nSPS) is 11.1. The van der Waals surface area contributed by atoms with E-state index in [-0.39, 0.29) is 18.3 Å². The van der Waals surface area contributed by atoms with Gasteiger partial charge in [-0.25, -0.2) is 14.1 Å². The van der Waals surface area contributed by atoms with Crippen molar-refractivity contribution in [2.45, 2.75) is 33.5 Å². The first-order chi connectivity index (χ1) is 14.0. The summed E-state index contributed by atoms with van der Waals surface area (Å²) in [5, 5.41) is 12.5. The Labute approximate surface area is 167 Å². The molecule has 7 nitrogen and oxygen atoms in total. The van der Waals surface area contributed by atoms with E-state index in [0.29, 0.717) is 12.2 Å². The van der Waals surface area contributed by atoms with E-state index in [9.17, 15) is 9.18 Å². The van der Waals surface area contributed by atoms with Crippen LogP contribution in [-0.4, -0.2) is 30.5 Å². The molecule has 4 aromatic rings. The number of carbonyl (C=O) groups is 1. The SMILES string of the molecule is CCn1cc(CNC(=O)Cn2nc(C)c3c(-c4ccc(F)cc4)ccnc32)cn1. The van der Waals surface area contributed by atoms with E-state index in [1.165, 1.54) is 12.1 Å². The molecule has 0 saturated carbocycles. The minimum absolute atomic E-state index is 0.0616. The van der Waals surface area contributed by atoms with Crippen LogP contribution in [0.25, 0.3) is 22.2 Å². The molecule has 0 bridgehead atoms. The third-order valence-corrected chi connectivity index (χ3v) is 4.76. The third kappa shape index (κ3) is 3.87. The summed E-state index contributed by atoms with van der Waals surface area (Å²) in [5.41, 5.74) is 4.12. The minimum Gasteiger partial charge on any atom is -0.350 e. The predicted octanol–water partition coefficient (Wildman–Crippen LogP) is 3.08. The van der Waals surface area contributed by atoms with Gasteiger partial charge in [0, 0.05) is 36.4 Å². The first-order valence-corrected chi connectivity index (χ1v) is 9.41. The first-order valence-electron chi connectivity index (χ1n) is 9.41. The third-order valence-electron chi connectivity index (χ3n) is 4.76. The van der Waals surface area contributed by atoms with Crippen LogP contribution in [0.2, 0.25) is 0 Å². The summed E-state index contributed by atoms with van der Waals surface area (Å²) in [6.45, 7) is 5.14. The van der Waals surface area contributed by atoms with Gasteiger partial charge in [0.15, 0.2) is 5.65 Å². The fraction of sp³-hybridized carbons (Fsp3) is 0.238. The monoisotopic (exact) mass is 392 g/mol. The van der Waals surface area contributed by atoms with Crippen LogP contribution in [0.5, 0.6) is 0 Å². The molecule has 0 aliphatic carbocycles. The molecule has 0 saturated heterocycles. The number of halogens is 1. The van der Waals surface area contributed by atoms with Gasteiger partial charge in [0.25, 0.3) is 0 Å². The molecule has 1 amide bonds. The Hall–Kier alpha value is -3.55. The molecule has 0 aliphatic heterocycles. The number of amides is 1. The van der Waals surface area contributed by atoms with Gasteiger partial charge >= 0.3 is 0 Å². The van der Waals surface area contributed by atoms with E-state index >= 15 is 0 Å². The molecule has 0 atom stereocenters. The number of aromatic nitrogens is 5. The summed E-state index contributed by atoms with van der Waals surface area (Å²) < 4.78 is 16.7. The maximum Gasteiger partial charge on any atom is 0.242 e. The van der Waals surface area contributed by atoms with Crippen molar-refractivity contribution in [3.8, 4) is 11.1 Å². The number of nitrogens with one attached hydrogen (secondary N) is 1. The molecule has 0 spiro atoms. The molecule has 29 heavy (non-hydrogen) atoms. The molecule has 1 aromatic carbocycles. The van der Waals surface area contributed by atoms with Crippen molar-refractivity contribution in [1.29, 1.82) is 0 Å². The first kappa shape index (κ1) is 18.8. The van der Waals surface area contributed by atoms with Gasteiger partial charge in [-0.2, -0.15) is 10.2 Å². The zero-order valence-electron chi connectivity index (χ0n) is 16.3. The Morgan fingerprint density at radius 1 is 1.21 bits per heavy atom. The van der Waals surface area contributed by atoms with Gasteiger partial charge in [-0.05, 0) is 43.2 Å². The summed E-state index contributed by atoms with van der Waals surface area (Å²) in [6, 6.07) is 8.18. The Bertz CT molecular complexity index is 1160. The van der Waals surface area contributed by atoms with Crippen LogP contribution in [0.4, 0.5) is 4.39 Å². The van der Waals surface area contributed by atoms with Crippen LogP contribution in [-0.2, 0) is 24.4 Å². The van der Waals surface area contributed by atoms with Crippen molar-refractivity contribution < 1.29 is 9.18 Å². The number of pyridine rings is 1. The van der Waals surface area contributed by atoms with Gasteiger partial charge in [-0.15, -0.1) is 0 Å². The van der Waals surface area contributed by atoms with Gasteiger partial charge in [0.2, 0.25) is 5.91 Å². The summed E-state index contributed by atoms with van der Waals surface area (Å²) in [7, 11) is 0. The molecular weight excluding hydrogens is 371 g/mol. The number of fused-ring (bicyclic) bond motifs is 1. The molecule has 3 aromatic heterocycles. The van der Waals surface area contributed by atoms with E-state index in [1.54, 1.807) is 29.2 Å². The standard InChI is InChI=1S/C21H21FN6O/c1-3-27-12-15(11-25-27)10-24-19(29)13-28-21-20(14(2)26-28)18(8-9-23-21)16-4-6-17(22)7-5-16/h4-9,11-12H,3,10,13H2,1-2H3,(H,24,29). The smallest absolute Gasteiger partial charge is 0.242 e. The van der Waals surface area contributed by atoms with Gasteiger partial charge in [-0.3, -0.25) is 9.48 Å². The van der Waals surface area contributed by atoms with Crippen LogP contribution >= 0.6 is 0 Å². The topological polar surface area (TPSA) is 77.6 Å². The molecule has 3 heterocycles. The van der Waals surface area contributed by atoms with E-state index in [0.717, 1.165) is 34.3 Å². The molecule has 0 unspecified atom stereocenters. The van der Waals surface area contributed by atoms with Crippen LogP contribution in [0.3, 0.4) is 0 Å². The largest absolute Gasteiger partial charge is 0.350 e. The Balaban J connectivity index is 1.56. The molecule has 4 rings (SSSR count). The Kier molecular flexibility index (Phi) is 5.07. The quantitative estimate of drug-likeness (QED) is 0.547. The lowest BCUT2D eigenvalue weighted by Gasteiger charge is -2.06. The number of carbonyl (C=O) groups excluding carboxylic acids is 1. The lowest BCUT2D eigenvalue weighted by molar-refractivity contribution is -0.121. The summed E-state index contributed by atoms with van der Waals surface area (Å²) >= 11 is 0. The van der Waals surface area contributed by atoms with Crippen LogP contribution in [0, 0.1) is 12.7 Å². The minimum atomic E-state index is -0.285. The highest BCUT2D eigenvalue weighted by molar-refractivity contribution is 5.95. The number of benzene rings is 1. The second-order valence-electron chi connectivity index (χ2n) is 6.79. The maximum atomic E-state index is 13.3. The van der Waals surface area contributed by atoms with Crippen molar-refractivity contribution in [3.63, 3.8) is 0 Å². The fourth-order valence-corrected chi connectivity index (χ4v) is 3.33. The average molecular weight is 392 g/mol. The molecule has 0 fully saturated rings. The summed E-state index contributed by atoms with van der Waals surface area (Å²) in [6.07, 6.45) is 5.33. The van der Waals surface area contributed by atoms with Crippen LogP contribution in [0.1, 0.15) is 18.2 Å². The lowest BCUT2D eigenvalue weighted by Crippen LogP contribution is -2.27. The molecular formula is C21H21FN6O. The van der Waals surface area contributed by atoms with Gasteiger partial charge in [-0.1, -0.05) is 12.1 Å². The van der Waals surface area contributed by atoms with Gasteiger partial charge in [0.1, 0.15) is 12.4 Å². The van der Waals surface area contributed by atoms with Crippen molar-refractivity contribution in [2.24, 2.45) is 0 Å². The summed E-state index contributed by atoms with van der Waals surface area (Å²) in [4.78, 5) is 16.9. The zero-order valence-corrected chi connectivity index (χ0v) is 16.3. The number of hydrogen-bond acceptors (Lipinski definition) is 4. The maximum absolute atomic E-state index is 13.3. The highest BCUT2D eigenvalue weighted by Gasteiger charge is 2.16. The van der Waals surface area contributed by atoms with Crippen LogP contribution < -0.4 is 5.32 Å². The summed E-state index contributed by atoms with van der Waals surface area (Å²) in [5.74, 6) is -0.444. The average Bonchev–Trinajstić information content (AvgIpc) is 3.32. The van der Waals surface area contributed by atoms with Crippen molar-refractivity contribution in [2.75, 3.05) is 0 Å². The van der Waals surface area contributed by atoms with Crippen LogP contribution in [0.15, 0.2) is 48.9 Å². The van der Waals surface area contributed by atoms with E-state index in [1.807, 2.05) is 30.8 Å². The second kappa shape index (κ2) is 7.83. The number of rotatable bonds is 6. The Morgan fingerprint density at radius 2 is 2.00 bits per heavy atom. The number of nitrogens with zero attached hydrogens (tertiary/aromatic N) is 5. The van der Waals surface area contributed by atoms with E-state index in [2.05, 4.69) is 20.5 Å². The number of hydrogen-bond donors (Lipinski definition) is 1. The second-order valence-corrected chi connectivity index (χ2v) is 6.79. The van der Waals surface area contributed by atoms with Crippen molar-refractivity contribution in [1.82, 2.24) is 29.9 Å². The van der Waals surface area contributed by atoms with E-state index < -0.39 is 0 Å². The Morgan fingerprint density at radius 3 is 2.72 bits per heavy atom. The fourth-order valence-electron chi connectivity index (χ4n) is 3.33. The van der Waals surface area contributed by atoms with Gasteiger partial charge < -0.3 is 5.32 Å². The molecule has 0 aliphatic rings.